The molecule has 0 fully saturated rings. The maximum atomic E-state index is 13.0. The van der Waals surface area contributed by atoms with Crippen molar-refractivity contribution in [3.8, 4) is 0 Å². The smallest absolute Gasteiger partial charge is 0.126 e. The Morgan fingerprint density at radius 2 is 1.77 bits per heavy atom. The molecule has 0 spiro atoms. The number of aryl methyl sites for hydroxylation is 1. The summed E-state index contributed by atoms with van der Waals surface area (Å²) in [6.45, 7) is 8.36. The van der Waals surface area contributed by atoms with Gasteiger partial charge in [0.25, 0.3) is 0 Å². The molecule has 1 atom stereocenters. The van der Waals surface area contributed by atoms with Gasteiger partial charge in [0.1, 0.15) is 5.82 Å². The van der Waals surface area contributed by atoms with Gasteiger partial charge in [-0.15, -0.1) is 0 Å². The van der Waals surface area contributed by atoms with Crippen LogP contribution in [0.2, 0.25) is 0 Å². The van der Waals surface area contributed by atoms with E-state index in [1.54, 1.807) is 6.07 Å². The molecule has 72 valence electrons. The fraction of sp³-hybridized carbons (Fsp3) is 0.500. The van der Waals surface area contributed by atoms with E-state index in [4.69, 9.17) is 0 Å². The Balaban J connectivity index is 2.97. The summed E-state index contributed by atoms with van der Waals surface area (Å²) < 4.78 is 13.0. The molecule has 0 heterocycles. The van der Waals surface area contributed by atoms with E-state index >= 15 is 0 Å². The molecule has 1 unspecified atom stereocenters. The molecule has 1 aromatic carbocycles. The highest BCUT2D eigenvalue weighted by Gasteiger charge is 2.10. The molecule has 0 N–H and O–H groups in total. The van der Waals surface area contributed by atoms with Gasteiger partial charge in [0, 0.05) is 0 Å². The first-order chi connectivity index (χ1) is 6.02. The van der Waals surface area contributed by atoms with E-state index in [0.29, 0.717) is 11.8 Å². The Morgan fingerprint density at radius 3 is 2.23 bits per heavy atom. The Labute approximate surface area is 79.8 Å². The van der Waals surface area contributed by atoms with Gasteiger partial charge < -0.3 is 0 Å². The molecule has 0 aliphatic carbocycles. The first-order valence-electron chi connectivity index (χ1n) is 4.78. The molecule has 0 saturated carbocycles. The van der Waals surface area contributed by atoms with Gasteiger partial charge >= 0.3 is 0 Å². The highest BCUT2D eigenvalue weighted by Crippen LogP contribution is 2.24. The van der Waals surface area contributed by atoms with E-state index in [9.17, 15) is 4.39 Å². The van der Waals surface area contributed by atoms with Crippen LogP contribution in [0.25, 0.3) is 0 Å². The van der Waals surface area contributed by atoms with Crippen molar-refractivity contribution in [1.82, 2.24) is 0 Å². The molecular formula is C12H17F. The Morgan fingerprint density at radius 1 is 1.15 bits per heavy atom. The van der Waals surface area contributed by atoms with E-state index in [0.717, 1.165) is 5.56 Å². The van der Waals surface area contributed by atoms with Crippen molar-refractivity contribution in [3.05, 3.63) is 35.1 Å². The van der Waals surface area contributed by atoms with Crippen molar-refractivity contribution in [3.63, 3.8) is 0 Å². The molecule has 0 amide bonds. The van der Waals surface area contributed by atoms with Crippen LogP contribution in [-0.2, 0) is 0 Å². The molecule has 0 saturated heterocycles. The van der Waals surface area contributed by atoms with Crippen LogP contribution in [0.3, 0.4) is 0 Å². The zero-order valence-electron chi connectivity index (χ0n) is 8.76. The van der Waals surface area contributed by atoms with E-state index in [2.05, 4.69) is 20.8 Å². The second-order valence-corrected chi connectivity index (χ2v) is 4.04. The Hall–Kier alpha value is -0.850. The zero-order chi connectivity index (χ0) is 10.0. The van der Waals surface area contributed by atoms with Gasteiger partial charge in [-0.3, -0.25) is 0 Å². The van der Waals surface area contributed by atoms with Gasteiger partial charge in [0.05, 0.1) is 0 Å². The molecule has 0 radical (unpaired) electrons. The summed E-state index contributed by atoms with van der Waals surface area (Å²) in [6, 6.07) is 5.39. The minimum Gasteiger partial charge on any atom is -0.207 e. The van der Waals surface area contributed by atoms with Gasteiger partial charge in [0.15, 0.2) is 0 Å². The highest BCUT2D eigenvalue weighted by atomic mass is 19.1. The predicted octanol–water partition coefficient (Wildman–Crippen LogP) is 3.89. The molecule has 1 heteroatoms. The van der Waals surface area contributed by atoms with Crippen LogP contribution in [-0.4, -0.2) is 0 Å². The largest absolute Gasteiger partial charge is 0.207 e. The number of halogens is 1. The van der Waals surface area contributed by atoms with Crippen LogP contribution in [0.4, 0.5) is 4.39 Å². The van der Waals surface area contributed by atoms with Crippen molar-refractivity contribution in [2.75, 3.05) is 0 Å². The summed E-state index contributed by atoms with van der Waals surface area (Å²) in [5.41, 5.74) is 1.97. The van der Waals surface area contributed by atoms with E-state index in [1.807, 2.05) is 19.1 Å². The fourth-order valence-corrected chi connectivity index (χ4v) is 1.34. The second kappa shape index (κ2) is 3.91. The van der Waals surface area contributed by atoms with Crippen molar-refractivity contribution >= 4 is 0 Å². The van der Waals surface area contributed by atoms with Gasteiger partial charge in [-0.25, -0.2) is 4.39 Å². The average molecular weight is 180 g/mol. The summed E-state index contributed by atoms with van der Waals surface area (Å²) in [7, 11) is 0. The third-order valence-electron chi connectivity index (χ3n) is 2.71. The first kappa shape index (κ1) is 10.2. The minimum absolute atomic E-state index is 0.111. The van der Waals surface area contributed by atoms with E-state index in [-0.39, 0.29) is 5.82 Å². The average Bonchev–Trinajstić information content (AvgIpc) is 2.08. The standard InChI is InChI=1S/C12H17F/c1-8(2)10(4)11-5-6-12(13)9(3)7-11/h5-8,10H,1-4H3. The van der Waals surface area contributed by atoms with E-state index in [1.165, 1.54) is 5.56 Å². The molecular weight excluding hydrogens is 163 g/mol. The van der Waals surface area contributed by atoms with Crippen molar-refractivity contribution in [2.45, 2.75) is 33.6 Å². The van der Waals surface area contributed by atoms with Gasteiger partial charge in [-0.1, -0.05) is 32.9 Å². The summed E-state index contributed by atoms with van der Waals surface area (Å²) in [4.78, 5) is 0. The van der Waals surface area contributed by atoms with Crippen LogP contribution < -0.4 is 0 Å². The number of benzene rings is 1. The lowest BCUT2D eigenvalue weighted by molar-refractivity contribution is 0.532. The van der Waals surface area contributed by atoms with Gasteiger partial charge in [-0.2, -0.15) is 0 Å². The monoisotopic (exact) mass is 180 g/mol. The number of hydrogen-bond donors (Lipinski definition) is 0. The summed E-state index contributed by atoms with van der Waals surface area (Å²) in [5, 5.41) is 0. The van der Waals surface area contributed by atoms with Crippen LogP contribution in [0.15, 0.2) is 18.2 Å². The van der Waals surface area contributed by atoms with Crippen LogP contribution in [0.1, 0.15) is 37.8 Å². The summed E-state index contributed by atoms with van der Waals surface area (Å²) in [6.07, 6.45) is 0. The fourth-order valence-electron chi connectivity index (χ4n) is 1.34. The predicted molar refractivity (Wildman–Crippen MR) is 54.4 cm³/mol. The lowest BCUT2D eigenvalue weighted by Crippen LogP contribution is -2.02. The first-order valence-corrected chi connectivity index (χ1v) is 4.78. The summed E-state index contributed by atoms with van der Waals surface area (Å²) >= 11 is 0. The van der Waals surface area contributed by atoms with Crippen LogP contribution in [0, 0.1) is 18.7 Å². The second-order valence-electron chi connectivity index (χ2n) is 4.04. The molecule has 0 bridgehead atoms. The molecule has 1 rings (SSSR count). The molecule has 1 aromatic rings. The molecule has 13 heavy (non-hydrogen) atoms. The van der Waals surface area contributed by atoms with Gasteiger partial charge in [0.2, 0.25) is 0 Å². The van der Waals surface area contributed by atoms with Crippen molar-refractivity contribution < 1.29 is 4.39 Å². The lowest BCUT2D eigenvalue weighted by atomic mass is 9.89. The third kappa shape index (κ3) is 2.30. The SMILES string of the molecule is Cc1cc(C(C)C(C)C)ccc1F. The Kier molecular flexibility index (Phi) is 3.07. The minimum atomic E-state index is -0.111. The Bertz CT molecular complexity index is 289. The van der Waals surface area contributed by atoms with Crippen LogP contribution >= 0.6 is 0 Å². The van der Waals surface area contributed by atoms with Gasteiger partial charge in [-0.05, 0) is 36.0 Å². The van der Waals surface area contributed by atoms with Crippen molar-refractivity contribution in [1.29, 1.82) is 0 Å². The van der Waals surface area contributed by atoms with Crippen LogP contribution in [0.5, 0.6) is 0 Å². The lowest BCUT2D eigenvalue weighted by Gasteiger charge is -2.16. The third-order valence-corrected chi connectivity index (χ3v) is 2.71. The maximum Gasteiger partial charge on any atom is 0.126 e. The molecule has 0 aliphatic rings. The maximum absolute atomic E-state index is 13.0. The zero-order valence-corrected chi connectivity index (χ0v) is 8.76. The highest BCUT2D eigenvalue weighted by molar-refractivity contribution is 5.26. The molecule has 0 aromatic heterocycles. The topological polar surface area (TPSA) is 0 Å². The molecule has 0 aliphatic heterocycles. The number of rotatable bonds is 2. The quantitative estimate of drug-likeness (QED) is 0.647. The normalized spacial score (nSPS) is 13.4. The number of hydrogen-bond acceptors (Lipinski definition) is 0. The van der Waals surface area contributed by atoms with E-state index < -0.39 is 0 Å². The summed E-state index contributed by atoms with van der Waals surface area (Å²) in [5.74, 6) is 0.990. The van der Waals surface area contributed by atoms with Crippen molar-refractivity contribution in [2.24, 2.45) is 5.92 Å². The molecule has 0 nitrogen and oxygen atoms in total.